The molecule has 0 radical (unpaired) electrons. The maximum atomic E-state index is 11.0. The van der Waals surface area contributed by atoms with Gasteiger partial charge in [0.15, 0.2) is 0 Å². The summed E-state index contributed by atoms with van der Waals surface area (Å²) in [7, 11) is 0. The van der Waals surface area contributed by atoms with Crippen molar-refractivity contribution in [3.8, 4) is 0 Å². The lowest BCUT2D eigenvalue weighted by molar-refractivity contribution is -0.139. The second-order valence-electron chi connectivity index (χ2n) is 3.89. The third kappa shape index (κ3) is 1.76. The van der Waals surface area contributed by atoms with Gasteiger partial charge in [0, 0.05) is 11.9 Å². The largest absolute Gasteiger partial charge is 0.481 e. The molecule has 1 heterocycles. The van der Waals surface area contributed by atoms with E-state index in [1.807, 2.05) is 19.1 Å². The first-order valence-electron chi connectivity index (χ1n) is 4.84. The molecule has 1 aliphatic carbocycles. The summed E-state index contributed by atoms with van der Waals surface area (Å²) < 4.78 is 0. The summed E-state index contributed by atoms with van der Waals surface area (Å²) in [5.74, 6) is -0.738. The monoisotopic (exact) mass is 191 g/mol. The number of aryl methyl sites for hydroxylation is 1. The molecule has 1 aromatic heterocycles. The molecule has 2 rings (SSSR count). The molecule has 3 heteroatoms. The number of carbonyl (C=O) groups is 1. The molecule has 3 nitrogen and oxygen atoms in total. The van der Waals surface area contributed by atoms with Crippen LogP contribution in [0.3, 0.4) is 0 Å². The van der Waals surface area contributed by atoms with E-state index in [-0.39, 0.29) is 5.92 Å². The average molecular weight is 191 g/mol. The van der Waals surface area contributed by atoms with Crippen LogP contribution in [-0.2, 0) is 4.79 Å². The average Bonchev–Trinajstić information content (AvgIpc) is 2.92. The molecule has 1 N–H and O–H groups in total. The van der Waals surface area contributed by atoms with E-state index in [2.05, 4.69) is 4.98 Å². The number of hydrogen-bond acceptors (Lipinski definition) is 2. The van der Waals surface area contributed by atoms with Crippen LogP contribution in [-0.4, -0.2) is 16.1 Å². The summed E-state index contributed by atoms with van der Waals surface area (Å²) in [6.45, 7) is 1.90. The van der Waals surface area contributed by atoms with Gasteiger partial charge >= 0.3 is 5.97 Å². The zero-order valence-electron chi connectivity index (χ0n) is 8.10. The van der Waals surface area contributed by atoms with Gasteiger partial charge < -0.3 is 5.11 Å². The first kappa shape index (κ1) is 9.19. The van der Waals surface area contributed by atoms with E-state index in [0.29, 0.717) is 5.92 Å². The molecule has 1 aliphatic rings. The minimum Gasteiger partial charge on any atom is -0.481 e. The number of aliphatic carboxylic acids is 1. The molecule has 1 unspecified atom stereocenters. The summed E-state index contributed by atoms with van der Waals surface area (Å²) in [4.78, 5) is 15.2. The Morgan fingerprint density at radius 2 is 2.29 bits per heavy atom. The highest BCUT2D eigenvalue weighted by molar-refractivity contribution is 5.76. The molecule has 0 spiro atoms. The second-order valence-corrected chi connectivity index (χ2v) is 3.89. The number of carboxylic acids is 1. The van der Waals surface area contributed by atoms with E-state index in [1.54, 1.807) is 6.20 Å². The molecule has 1 aromatic rings. The number of pyridine rings is 1. The standard InChI is InChI=1S/C11H13NO2/c1-7-2-3-9(6-12-7)10(11(13)14)8-4-5-8/h2-3,6,8,10H,4-5H2,1H3,(H,13,14). The predicted molar refractivity (Wildman–Crippen MR) is 52.1 cm³/mol. The molecule has 0 bridgehead atoms. The minimum absolute atomic E-state index is 0.331. The molecule has 74 valence electrons. The minimum atomic E-state index is -0.724. The Labute approximate surface area is 82.8 Å². The van der Waals surface area contributed by atoms with Gasteiger partial charge in [-0.3, -0.25) is 9.78 Å². The molecule has 0 aliphatic heterocycles. The maximum absolute atomic E-state index is 11.0. The van der Waals surface area contributed by atoms with E-state index in [1.165, 1.54) is 0 Å². The van der Waals surface area contributed by atoms with Crippen LogP contribution in [0.1, 0.15) is 30.0 Å². The lowest BCUT2D eigenvalue weighted by Crippen LogP contribution is -2.13. The van der Waals surface area contributed by atoms with Crippen molar-refractivity contribution in [1.29, 1.82) is 0 Å². The summed E-state index contributed by atoms with van der Waals surface area (Å²) in [6, 6.07) is 3.74. The molecule has 1 atom stereocenters. The number of nitrogens with zero attached hydrogens (tertiary/aromatic N) is 1. The van der Waals surface area contributed by atoms with Crippen LogP contribution in [0.4, 0.5) is 0 Å². The zero-order chi connectivity index (χ0) is 10.1. The van der Waals surface area contributed by atoms with Crippen LogP contribution in [0.25, 0.3) is 0 Å². The van der Waals surface area contributed by atoms with Crippen molar-refractivity contribution in [1.82, 2.24) is 4.98 Å². The van der Waals surface area contributed by atoms with E-state index in [4.69, 9.17) is 5.11 Å². The lowest BCUT2D eigenvalue weighted by atomic mass is 9.96. The molecule has 14 heavy (non-hydrogen) atoms. The molecule has 1 fully saturated rings. The fourth-order valence-electron chi connectivity index (χ4n) is 1.71. The Kier molecular flexibility index (Phi) is 2.23. The topological polar surface area (TPSA) is 50.2 Å². The highest BCUT2D eigenvalue weighted by Gasteiger charge is 2.37. The highest BCUT2D eigenvalue weighted by Crippen LogP contribution is 2.42. The fourth-order valence-corrected chi connectivity index (χ4v) is 1.71. The molecule has 0 aromatic carbocycles. The second kappa shape index (κ2) is 3.40. The number of aromatic nitrogens is 1. The smallest absolute Gasteiger partial charge is 0.311 e. The van der Waals surface area contributed by atoms with Crippen LogP contribution < -0.4 is 0 Å². The first-order chi connectivity index (χ1) is 6.68. The van der Waals surface area contributed by atoms with Gasteiger partial charge in [0.2, 0.25) is 0 Å². The van der Waals surface area contributed by atoms with Gasteiger partial charge in [0.25, 0.3) is 0 Å². The summed E-state index contributed by atoms with van der Waals surface area (Å²) in [6.07, 6.45) is 3.75. The Morgan fingerprint density at radius 1 is 1.57 bits per heavy atom. The first-order valence-corrected chi connectivity index (χ1v) is 4.84. The molecule has 0 saturated heterocycles. The number of rotatable bonds is 3. The quantitative estimate of drug-likeness (QED) is 0.794. The van der Waals surface area contributed by atoms with Crippen molar-refractivity contribution < 1.29 is 9.90 Å². The maximum Gasteiger partial charge on any atom is 0.311 e. The number of hydrogen-bond donors (Lipinski definition) is 1. The van der Waals surface area contributed by atoms with Crippen molar-refractivity contribution in [2.75, 3.05) is 0 Å². The fraction of sp³-hybridized carbons (Fsp3) is 0.455. The van der Waals surface area contributed by atoms with Crippen molar-refractivity contribution in [2.45, 2.75) is 25.7 Å². The summed E-state index contributed by atoms with van der Waals surface area (Å²) in [5, 5.41) is 9.08. The van der Waals surface area contributed by atoms with Crippen LogP contribution >= 0.6 is 0 Å². The van der Waals surface area contributed by atoms with Gasteiger partial charge in [0.1, 0.15) is 0 Å². The Bertz CT molecular complexity index is 341. The zero-order valence-corrected chi connectivity index (χ0v) is 8.10. The molecular formula is C11H13NO2. The molecular weight excluding hydrogens is 178 g/mol. The Morgan fingerprint density at radius 3 is 2.71 bits per heavy atom. The van der Waals surface area contributed by atoms with Crippen LogP contribution in [0.15, 0.2) is 18.3 Å². The summed E-state index contributed by atoms with van der Waals surface area (Å²) in [5.41, 5.74) is 1.76. The predicted octanol–water partition coefficient (Wildman–Crippen LogP) is 1.97. The van der Waals surface area contributed by atoms with Gasteiger partial charge in [0.05, 0.1) is 5.92 Å². The van der Waals surface area contributed by atoms with Crippen molar-refractivity contribution in [3.05, 3.63) is 29.6 Å². The Hall–Kier alpha value is -1.38. The van der Waals surface area contributed by atoms with Crippen LogP contribution in [0, 0.1) is 12.8 Å². The number of carboxylic acid groups (broad SMARTS) is 1. The van der Waals surface area contributed by atoms with Gasteiger partial charge in [-0.1, -0.05) is 6.07 Å². The van der Waals surface area contributed by atoms with Crippen LogP contribution in [0.2, 0.25) is 0 Å². The van der Waals surface area contributed by atoms with Gasteiger partial charge in [-0.25, -0.2) is 0 Å². The molecule has 0 amide bonds. The SMILES string of the molecule is Cc1ccc(C(C(=O)O)C2CC2)cn1. The third-order valence-corrected chi connectivity index (χ3v) is 2.65. The van der Waals surface area contributed by atoms with E-state index < -0.39 is 5.97 Å². The van der Waals surface area contributed by atoms with Gasteiger partial charge in [-0.15, -0.1) is 0 Å². The van der Waals surface area contributed by atoms with Gasteiger partial charge in [-0.2, -0.15) is 0 Å². The van der Waals surface area contributed by atoms with Gasteiger partial charge in [-0.05, 0) is 37.3 Å². The van der Waals surface area contributed by atoms with E-state index in [0.717, 1.165) is 24.1 Å². The highest BCUT2D eigenvalue weighted by atomic mass is 16.4. The summed E-state index contributed by atoms with van der Waals surface area (Å²) >= 11 is 0. The van der Waals surface area contributed by atoms with Crippen molar-refractivity contribution in [2.24, 2.45) is 5.92 Å². The van der Waals surface area contributed by atoms with Crippen molar-refractivity contribution >= 4 is 5.97 Å². The van der Waals surface area contributed by atoms with E-state index >= 15 is 0 Å². The van der Waals surface area contributed by atoms with Crippen LogP contribution in [0.5, 0.6) is 0 Å². The van der Waals surface area contributed by atoms with Crippen molar-refractivity contribution in [3.63, 3.8) is 0 Å². The molecule has 1 saturated carbocycles. The van der Waals surface area contributed by atoms with E-state index in [9.17, 15) is 4.79 Å². The Balaban J connectivity index is 2.26. The third-order valence-electron chi connectivity index (χ3n) is 2.65. The lowest BCUT2D eigenvalue weighted by Gasteiger charge is -2.10. The normalized spacial score (nSPS) is 17.8.